The average Bonchev–Trinajstić information content (AvgIpc) is 2.22. The highest BCUT2D eigenvalue weighted by Gasteiger charge is 2.09. The molecule has 1 aromatic rings. The molecule has 0 spiro atoms. The molecule has 2 heteroatoms. The Morgan fingerprint density at radius 1 is 1.33 bits per heavy atom. The lowest BCUT2D eigenvalue weighted by Gasteiger charge is -2.21. The molecule has 1 aromatic carbocycles. The molecular weight excluding hydrogens is 250 g/mol. The van der Waals surface area contributed by atoms with Gasteiger partial charge >= 0.3 is 0 Å². The summed E-state index contributed by atoms with van der Waals surface area (Å²) < 4.78 is 1.17. The molecule has 0 aliphatic carbocycles. The normalized spacial score (nSPS) is 14.7. The molecule has 0 fully saturated rings. The van der Waals surface area contributed by atoms with Crippen molar-refractivity contribution in [2.45, 2.75) is 40.2 Å². The van der Waals surface area contributed by atoms with E-state index in [1.54, 1.807) is 0 Å². The Morgan fingerprint density at radius 3 is 2.53 bits per heavy atom. The van der Waals surface area contributed by atoms with Gasteiger partial charge in [0.25, 0.3) is 0 Å². The first-order valence-corrected chi connectivity index (χ1v) is 6.36. The van der Waals surface area contributed by atoms with Crippen LogP contribution in [0.5, 0.6) is 0 Å². The molecule has 1 N–H and O–H groups in total. The van der Waals surface area contributed by atoms with Gasteiger partial charge < -0.3 is 5.32 Å². The number of halogens is 1. The summed E-state index contributed by atoms with van der Waals surface area (Å²) >= 11 is 3.55. The second kappa shape index (κ2) is 5.55. The molecule has 2 unspecified atom stereocenters. The Balaban J connectivity index is 2.68. The molecule has 2 atom stereocenters. The van der Waals surface area contributed by atoms with Crippen molar-refractivity contribution in [3.8, 4) is 0 Å². The van der Waals surface area contributed by atoms with Gasteiger partial charge in [-0.15, -0.1) is 0 Å². The maximum atomic E-state index is 3.55. The predicted octanol–water partition coefficient (Wildman–Crippen LogP) is 4.60. The van der Waals surface area contributed by atoms with Crippen molar-refractivity contribution < 1.29 is 0 Å². The fraction of sp³-hybridized carbons (Fsp3) is 0.538. The lowest BCUT2D eigenvalue weighted by atomic mass is 10.0. The van der Waals surface area contributed by atoms with Gasteiger partial charge in [-0.2, -0.15) is 0 Å². The molecule has 0 amide bonds. The Labute approximate surface area is 101 Å². The van der Waals surface area contributed by atoms with E-state index in [4.69, 9.17) is 0 Å². The van der Waals surface area contributed by atoms with Gasteiger partial charge in [0, 0.05) is 16.2 Å². The summed E-state index contributed by atoms with van der Waals surface area (Å²) in [7, 11) is 0. The predicted molar refractivity (Wildman–Crippen MR) is 71.4 cm³/mol. The van der Waals surface area contributed by atoms with Gasteiger partial charge in [0.2, 0.25) is 0 Å². The minimum atomic E-state index is 0.518. The van der Waals surface area contributed by atoms with Crippen LogP contribution in [-0.4, -0.2) is 6.04 Å². The van der Waals surface area contributed by atoms with Crippen LogP contribution in [0, 0.1) is 12.8 Å². The number of aryl methyl sites for hydroxylation is 1. The number of anilines is 1. The van der Waals surface area contributed by atoms with Crippen LogP contribution in [-0.2, 0) is 0 Å². The van der Waals surface area contributed by atoms with E-state index in [1.165, 1.54) is 22.1 Å². The van der Waals surface area contributed by atoms with Crippen LogP contribution in [0.1, 0.15) is 32.8 Å². The first kappa shape index (κ1) is 12.6. The highest BCUT2D eigenvalue weighted by molar-refractivity contribution is 9.10. The number of nitrogens with one attached hydrogen (secondary N) is 1. The Bertz CT molecular complexity index is 322. The molecule has 0 aliphatic rings. The third-order valence-electron chi connectivity index (χ3n) is 3.06. The Morgan fingerprint density at radius 2 is 2.00 bits per heavy atom. The molecule has 0 saturated carbocycles. The fourth-order valence-electron chi connectivity index (χ4n) is 1.44. The van der Waals surface area contributed by atoms with E-state index >= 15 is 0 Å². The summed E-state index contributed by atoms with van der Waals surface area (Å²) in [4.78, 5) is 0. The molecule has 0 aromatic heterocycles. The van der Waals surface area contributed by atoms with Gasteiger partial charge in [-0.05, 0) is 37.5 Å². The van der Waals surface area contributed by atoms with Crippen LogP contribution < -0.4 is 5.32 Å². The topological polar surface area (TPSA) is 12.0 Å². The zero-order valence-electron chi connectivity index (χ0n) is 9.97. The van der Waals surface area contributed by atoms with Crippen LogP contribution in [0.25, 0.3) is 0 Å². The lowest BCUT2D eigenvalue weighted by Crippen LogP contribution is -2.23. The molecule has 0 aliphatic heterocycles. The molecule has 1 nitrogen and oxygen atoms in total. The van der Waals surface area contributed by atoms with Crippen molar-refractivity contribution in [1.82, 2.24) is 0 Å². The highest BCUT2D eigenvalue weighted by Crippen LogP contribution is 2.22. The lowest BCUT2D eigenvalue weighted by molar-refractivity contribution is 0.494. The molecule has 1 rings (SSSR count). The Hall–Kier alpha value is -0.500. The van der Waals surface area contributed by atoms with Crippen molar-refractivity contribution >= 4 is 21.6 Å². The molecule has 15 heavy (non-hydrogen) atoms. The van der Waals surface area contributed by atoms with Gasteiger partial charge in [-0.3, -0.25) is 0 Å². The third kappa shape index (κ3) is 3.53. The second-order valence-electron chi connectivity index (χ2n) is 4.28. The SMILES string of the molecule is CCC(C)C(C)Nc1ccc(C)c(Br)c1. The maximum Gasteiger partial charge on any atom is 0.0353 e. The number of benzene rings is 1. The monoisotopic (exact) mass is 269 g/mol. The van der Waals surface area contributed by atoms with Crippen LogP contribution in [0.3, 0.4) is 0 Å². The van der Waals surface area contributed by atoms with E-state index in [-0.39, 0.29) is 0 Å². The van der Waals surface area contributed by atoms with Gasteiger partial charge in [-0.25, -0.2) is 0 Å². The number of hydrogen-bond acceptors (Lipinski definition) is 1. The zero-order chi connectivity index (χ0) is 11.4. The van der Waals surface area contributed by atoms with Crippen molar-refractivity contribution in [2.75, 3.05) is 5.32 Å². The smallest absolute Gasteiger partial charge is 0.0353 e. The van der Waals surface area contributed by atoms with E-state index in [9.17, 15) is 0 Å². The van der Waals surface area contributed by atoms with Crippen molar-refractivity contribution in [1.29, 1.82) is 0 Å². The van der Waals surface area contributed by atoms with Crippen molar-refractivity contribution in [2.24, 2.45) is 5.92 Å². The van der Waals surface area contributed by atoms with E-state index in [0.717, 1.165) is 0 Å². The van der Waals surface area contributed by atoms with E-state index in [1.807, 2.05) is 0 Å². The first-order valence-electron chi connectivity index (χ1n) is 5.57. The summed E-state index contributed by atoms with van der Waals surface area (Å²) in [6.07, 6.45) is 1.21. The molecule has 0 bridgehead atoms. The van der Waals surface area contributed by atoms with Crippen LogP contribution in [0.2, 0.25) is 0 Å². The summed E-state index contributed by atoms with van der Waals surface area (Å²) in [6, 6.07) is 6.94. The largest absolute Gasteiger partial charge is 0.382 e. The van der Waals surface area contributed by atoms with Crippen LogP contribution in [0.4, 0.5) is 5.69 Å². The first-order chi connectivity index (χ1) is 7.04. The van der Waals surface area contributed by atoms with Crippen molar-refractivity contribution in [3.05, 3.63) is 28.2 Å². The average molecular weight is 270 g/mol. The van der Waals surface area contributed by atoms with Gasteiger partial charge in [-0.1, -0.05) is 42.3 Å². The summed E-state index contributed by atoms with van der Waals surface area (Å²) in [6.45, 7) is 8.85. The summed E-state index contributed by atoms with van der Waals surface area (Å²) in [5.41, 5.74) is 2.47. The maximum absolute atomic E-state index is 3.55. The summed E-state index contributed by atoms with van der Waals surface area (Å²) in [5.74, 6) is 0.699. The second-order valence-corrected chi connectivity index (χ2v) is 5.14. The van der Waals surface area contributed by atoms with E-state index < -0.39 is 0 Å². The van der Waals surface area contributed by atoms with Gasteiger partial charge in [0.05, 0.1) is 0 Å². The minimum absolute atomic E-state index is 0.518. The fourth-order valence-corrected chi connectivity index (χ4v) is 1.82. The van der Waals surface area contributed by atoms with Gasteiger partial charge in [0.15, 0.2) is 0 Å². The van der Waals surface area contributed by atoms with E-state index in [0.29, 0.717) is 12.0 Å². The van der Waals surface area contributed by atoms with Crippen LogP contribution >= 0.6 is 15.9 Å². The molecule has 84 valence electrons. The molecule has 0 heterocycles. The minimum Gasteiger partial charge on any atom is -0.382 e. The zero-order valence-corrected chi connectivity index (χ0v) is 11.6. The van der Waals surface area contributed by atoms with Crippen LogP contribution in [0.15, 0.2) is 22.7 Å². The standard InChI is InChI=1S/C13H20BrN/c1-5-9(2)11(4)15-12-7-6-10(3)13(14)8-12/h6-9,11,15H,5H2,1-4H3. The number of rotatable bonds is 4. The van der Waals surface area contributed by atoms with Gasteiger partial charge in [0.1, 0.15) is 0 Å². The Kier molecular flexibility index (Phi) is 4.65. The van der Waals surface area contributed by atoms with Crippen molar-refractivity contribution in [3.63, 3.8) is 0 Å². The third-order valence-corrected chi connectivity index (χ3v) is 3.92. The van der Waals surface area contributed by atoms with E-state index in [2.05, 4.69) is 67.1 Å². The molecule has 0 saturated heterocycles. The quantitative estimate of drug-likeness (QED) is 0.842. The highest BCUT2D eigenvalue weighted by atomic mass is 79.9. The summed E-state index contributed by atoms with van der Waals surface area (Å²) in [5, 5.41) is 3.53. The molecular formula is C13H20BrN. The molecule has 0 radical (unpaired) electrons. The number of hydrogen-bond donors (Lipinski definition) is 1.